The van der Waals surface area contributed by atoms with Crippen molar-refractivity contribution in [2.45, 2.75) is 58.5 Å². The lowest BCUT2D eigenvalue weighted by Crippen LogP contribution is -2.44. The molecular formula is C41H44N2O4. The van der Waals surface area contributed by atoms with E-state index in [9.17, 15) is 9.90 Å². The molecule has 6 heteroatoms. The van der Waals surface area contributed by atoms with Crippen LogP contribution in [-0.2, 0) is 27.4 Å². The molecule has 1 amide bonds. The van der Waals surface area contributed by atoms with Crippen molar-refractivity contribution in [3.8, 4) is 11.1 Å². The van der Waals surface area contributed by atoms with Crippen LogP contribution in [0, 0.1) is 5.92 Å². The molecule has 0 spiro atoms. The molecule has 1 aliphatic heterocycles. The lowest BCUT2D eigenvalue weighted by molar-refractivity contribution is -0.276. The number of ether oxygens (including phenoxy) is 2. The average molecular weight is 629 g/mol. The number of nitrogens with zero attached hydrogens (tertiary/aromatic N) is 1. The van der Waals surface area contributed by atoms with Gasteiger partial charge < -0.3 is 19.9 Å². The fourth-order valence-corrected chi connectivity index (χ4v) is 6.44. The Kier molecular flexibility index (Phi) is 10.1. The minimum absolute atomic E-state index is 0.00593. The summed E-state index contributed by atoms with van der Waals surface area (Å²) in [5.74, 6) is 0.0248. The Hall–Kier alpha value is -4.33. The second-order valence-corrected chi connectivity index (χ2v) is 12.8. The van der Waals surface area contributed by atoms with Crippen LogP contribution in [0.25, 0.3) is 21.9 Å². The maximum Gasteiger partial charge on any atom is 0.217 e. The Morgan fingerprint density at radius 3 is 2.28 bits per heavy atom. The Labute approximate surface area is 278 Å². The summed E-state index contributed by atoms with van der Waals surface area (Å²) in [5, 5.41) is 15.0. The van der Waals surface area contributed by atoms with Gasteiger partial charge in [0.25, 0.3) is 0 Å². The number of nitrogens with one attached hydrogen (secondary N) is 1. The summed E-state index contributed by atoms with van der Waals surface area (Å²) in [7, 11) is 2.17. The smallest absolute Gasteiger partial charge is 0.217 e. The Morgan fingerprint density at radius 2 is 1.53 bits per heavy atom. The van der Waals surface area contributed by atoms with E-state index in [2.05, 4.69) is 116 Å². The summed E-state index contributed by atoms with van der Waals surface area (Å²) < 4.78 is 13.6. The van der Waals surface area contributed by atoms with Gasteiger partial charge in [-0.15, -0.1) is 0 Å². The van der Waals surface area contributed by atoms with Gasteiger partial charge in [0.15, 0.2) is 6.29 Å². The second-order valence-electron chi connectivity index (χ2n) is 12.8. The number of rotatable bonds is 10. The van der Waals surface area contributed by atoms with Gasteiger partial charge in [0.1, 0.15) is 0 Å². The van der Waals surface area contributed by atoms with E-state index in [-0.39, 0.29) is 36.7 Å². The van der Waals surface area contributed by atoms with E-state index in [4.69, 9.17) is 9.47 Å². The molecule has 1 fully saturated rings. The van der Waals surface area contributed by atoms with E-state index >= 15 is 0 Å². The first-order valence-corrected chi connectivity index (χ1v) is 16.4. The van der Waals surface area contributed by atoms with Gasteiger partial charge in [-0.2, -0.15) is 0 Å². The zero-order chi connectivity index (χ0) is 32.9. The molecule has 2 N–H and O–H groups in total. The topological polar surface area (TPSA) is 71.0 Å². The number of aliphatic hydroxyl groups excluding tert-OH is 1. The fourth-order valence-electron chi connectivity index (χ4n) is 6.44. The van der Waals surface area contributed by atoms with Crippen LogP contribution in [0.4, 0.5) is 0 Å². The van der Waals surface area contributed by atoms with Crippen molar-refractivity contribution in [3.63, 3.8) is 0 Å². The van der Waals surface area contributed by atoms with Gasteiger partial charge in [0, 0.05) is 37.5 Å². The molecule has 5 atom stereocenters. The number of aliphatic hydroxyl groups is 1. The van der Waals surface area contributed by atoms with Crippen molar-refractivity contribution >= 4 is 16.7 Å². The van der Waals surface area contributed by atoms with Crippen LogP contribution in [0.15, 0.2) is 115 Å². The molecule has 242 valence electrons. The van der Waals surface area contributed by atoms with Crippen molar-refractivity contribution < 1.29 is 19.4 Å². The highest BCUT2D eigenvalue weighted by atomic mass is 16.7. The first kappa shape index (κ1) is 32.6. The van der Waals surface area contributed by atoms with Gasteiger partial charge in [0.05, 0.1) is 18.8 Å². The Balaban J connectivity index is 1.27. The molecule has 0 bridgehead atoms. The monoisotopic (exact) mass is 628 g/mol. The molecule has 1 aliphatic rings. The number of carbonyl (C=O) groups is 1. The molecule has 0 unspecified atom stereocenters. The molecule has 5 aromatic carbocycles. The maximum atomic E-state index is 11.5. The Morgan fingerprint density at radius 1 is 0.809 bits per heavy atom. The predicted molar refractivity (Wildman–Crippen MR) is 187 cm³/mol. The first-order valence-electron chi connectivity index (χ1n) is 16.4. The van der Waals surface area contributed by atoms with Crippen LogP contribution in [0.3, 0.4) is 0 Å². The molecule has 5 aromatic rings. The quantitative estimate of drug-likeness (QED) is 0.164. The van der Waals surface area contributed by atoms with Gasteiger partial charge in [-0.05, 0) is 76.3 Å². The highest BCUT2D eigenvalue weighted by Gasteiger charge is 2.39. The van der Waals surface area contributed by atoms with Crippen LogP contribution in [0.5, 0.6) is 0 Å². The third-order valence-corrected chi connectivity index (χ3v) is 9.47. The molecule has 6 rings (SSSR count). The summed E-state index contributed by atoms with van der Waals surface area (Å²) >= 11 is 0. The SMILES string of the molecule is CC(=O)NCc1cccc(-c2cccc([C@@H]3O[C@H](CN(C)[C@H](C)c4ccc5ccccc5c4)[C@H](C)[C@H](c4ccc(CO)cc4)O3)c2)c1. The van der Waals surface area contributed by atoms with E-state index in [0.29, 0.717) is 6.54 Å². The van der Waals surface area contributed by atoms with Gasteiger partial charge in [-0.1, -0.05) is 104 Å². The number of hydrogen-bond donors (Lipinski definition) is 2. The largest absolute Gasteiger partial charge is 0.392 e. The van der Waals surface area contributed by atoms with E-state index in [1.807, 2.05) is 30.3 Å². The summed E-state index contributed by atoms with van der Waals surface area (Å²) in [6.07, 6.45) is -0.861. The van der Waals surface area contributed by atoms with Crippen molar-refractivity contribution in [3.05, 3.63) is 143 Å². The standard InChI is InChI=1S/C41H44N2O4/c1-27-39(25-43(4)28(2)34-20-19-32-10-5-6-11-36(32)22-34)46-41(47-40(27)33-17-15-30(26-44)16-18-33)38-14-8-13-37(23-38)35-12-7-9-31(21-35)24-42-29(3)45/h5-23,27-28,39-41,44H,24-26H2,1-4H3,(H,42,45)/t27-,28+,39+,40+,41+/m0/s1. The third-order valence-electron chi connectivity index (χ3n) is 9.47. The fraction of sp³-hybridized carbons (Fsp3) is 0.293. The molecule has 1 heterocycles. The highest BCUT2D eigenvalue weighted by molar-refractivity contribution is 5.83. The van der Waals surface area contributed by atoms with Crippen molar-refractivity contribution in [1.82, 2.24) is 10.2 Å². The molecule has 1 saturated heterocycles. The minimum atomic E-state index is -0.564. The van der Waals surface area contributed by atoms with Crippen LogP contribution in [0.2, 0.25) is 0 Å². The number of fused-ring (bicyclic) bond motifs is 1. The summed E-state index contributed by atoms with van der Waals surface area (Å²) in [4.78, 5) is 13.8. The molecule has 0 radical (unpaired) electrons. The highest BCUT2D eigenvalue weighted by Crippen LogP contribution is 2.43. The summed E-state index contributed by atoms with van der Waals surface area (Å²) in [5.41, 5.74) is 7.33. The minimum Gasteiger partial charge on any atom is -0.392 e. The summed E-state index contributed by atoms with van der Waals surface area (Å²) in [6, 6.07) is 40.0. The second kappa shape index (κ2) is 14.6. The van der Waals surface area contributed by atoms with E-state index in [1.54, 1.807) is 0 Å². The van der Waals surface area contributed by atoms with E-state index in [0.717, 1.165) is 39.9 Å². The number of likely N-dealkylation sites (N-methyl/N-ethyl adjacent to an activating group) is 1. The van der Waals surface area contributed by atoms with E-state index < -0.39 is 6.29 Å². The van der Waals surface area contributed by atoms with Crippen LogP contribution in [0.1, 0.15) is 67.0 Å². The van der Waals surface area contributed by atoms with E-state index in [1.165, 1.54) is 23.3 Å². The zero-order valence-corrected chi connectivity index (χ0v) is 27.6. The van der Waals surface area contributed by atoms with Gasteiger partial charge in [0.2, 0.25) is 5.91 Å². The zero-order valence-electron chi connectivity index (χ0n) is 27.6. The molecule has 0 aromatic heterocycles. The van der Waals surface area contributed by atoms with Crippen LogP contribution < -0.4 is 5.32 Å². The number of benzene rings is 5. The van der Waals surface area contributed by atoms with Crippen LogP contribution >= 0.6 is 0 Å². The molecule has 6 nitrogen and oxygen atoms in total. The number of carbonyl (C=O) groups excluding carboxylic acids is 1. The number of amides is 1. The first-order chi connectivity index (χ1) is 22.8. The lowest BCUT2D eigenvalue weighted by Gasteiger charge is -2.43. The van der Waals surface area contributed by atoms with Gasteiger partial charge >= 0.3 is 0 Å². The molecule has 47 heavy (non-hydrogen) atoms. The summed E-state index contributed by atoms with van der Waals surface area (Å²) in [6.45, 7) is 7.20. The maximum absolute atomic E-state index is 11.5. The molecular weight excluding hydrogens is 584 g/mol. The van der Waals surface area contributed by atoms with Crippen molar-refractivity contribution in [1.29, 1.82) is 0 Å². The van der Waals surface area contributed by atoms with Gasteiger partial charge in [-0.3, -0.25) is 9.69 Å². The Bertz CT molecular complexity index is 1820. The molecule has 0 saturated carbocycles. The average Bonchev–Trinajstić information content (AvgIpc) is 3.11. The predicted octanol–water partition coefficient (Wildman–Crippen LogP) is 8.12. The van der Waals surface area contributed by atoms with Crippen molar-refractivity contribution in [2.24, 2.45) is 5.92 Å². The third kappa shape index (κ3) is 7.64. The van der Waals surface area contributed by atoms with Gasteiger partial charge in [-0.25, -0.2) is 0 Å². The van der Waals surface area contributed by atoms with Crippen molar-refractivity contribution in [2.75, 3.05) is 13.6 Å². The number of hydrogen-bond acceptors (Lipinski definition) is 5. The normalized spacial score (nSPS) is 20.3. The molecule has 0 aliphatic carbocycles. The lowest BCUT2D eigenvalue weighted by atomic mass is 9.89. The van der Waals surface area contributed by atoms with Crippen LogP contribution in [-0.4, -0.2) is 35.6 Å².